The third-order valence-corrected chi connectivity index (χ3v) is 4.69. The molecule has 1 aliphatic rings. The molecule has 0 aliphatic carbocycles. The maximum Gasteiger partial charge on any atom is 0.00448 e. The molecule has 2 nitrogen and oxygen atoms in total. The second-order valence-electron chi connectivity index (χ2n) is 8.97. The van der Waals surface area contributed by atoms with Gasteiger partial charge in [0.05, 0.1) is 0 Å². The van der Waals surface area contributed by atoms with Crippen LogP contribution >= 0.6 is 0 Å². The first-order valence-electron chi connectivity index (χ1n) is 8.56. The summed E-state index contributed by atoms with van der Waals surface area (Å²) in [5.41, 5.74) is 0.844. The normalized spacial score (nSPS) is 23.1. The second-order valence-corrected chi connectivity index (χ2v) is 8.97. The Kier molecular flexibility index (Phi) is 6.53. The molecule has 0 amide bonds. The van der Waals surface area contributed by atoms with Gasteiger partial charge in [-0.1, -0.05) is 48.5 Å². The molecule has 1 rings (SSSR count). The first-order valence-corrected chi connectivity index (χ1v) is 8.56. The molecule has 120 valence electrons. The Labute approximate surface area is 127 Å². The molecule has 20 heavy (non-hydrogen) atoms. The van der Waals surface area contributed by atoms with Gasteiger partial charge in [0.15, 0.2) is 0 Å². The minimum absolute atomic E-state index is 0.367. The molecule has 0 radical (unpaired) electrons. The van der Waals surface area contributed by atoms with E-state index in [1.165, 1.54) is 38.9 Å². The zero-order valence-corrected chi connectivity index (χ0v) is 15.1. The average Bonchev–Trinajstić information content (AvgIpc) is 2.51. The number of nitrogens with one attached hydrogen (secondary N) is 1. The van der Waals surface area contributed by atoms with Gasteiger partial charge in [-0.15, -0.1) is 0 Å². The maximum atomic E-state index is 3.60. The monoisotopic (exact) mass is 282 g/mol. The van der Waals surface area contributed by atoms with Crippen LogP contribution in [-0.4, -0.2) is 37.1 Å². The minimum Gasteiger partial charge on any atom is -0.314 e. The molecule has 0 aromatic carbocycles. The van der Waals surface area contributed by atoms with Gasteiger partial charge in [-0.25, -0.2) is 0 Å². The second kappa shape index (κ2) is 7.26. The molecule has 0 saturated carbocycles. The fraction of sp³-hybridized carbons (Fsp3) is 1.00. The van der Waals surface area contributed by atoms with Crippen LogP contribution in [0.15, 0.2) is 0 Å². The van der Waals surface area contributed by atoms with Crippen LogP contribution < -0.4 is 5.32 Å². The third kappa shape index (κ3) is 6.58. The van der Waals surface area contributed by atoms with Crippen molar-refractivity contribution in [3.63, 3.8) is 0 Å². The van der Waals surface area contributed by atoms with Gasteiger partial charge in [0.1, 0.15) is 0 Å². The summed E-state index contributed by atoms with van der Waals surface area (Å²) in [5.74, 6) is 0.893. The van der Waals surface area contributed by atoms with Gasteiger partial charge in [-0.3, -0.25) is 0 Å². The molecule has 0 aromatic rings. The van der Waals surface area contributed by atoms with E-state index < -0.39 is 0 Å². The van der Waals surface area contributed by atoms with Gasteiger partial charge in [-0.05, 0) is 49.1 Å². The first-order chi connectivity index (χ1) is 9.10. The van der Waals surface area contributed by atoms with Crippen molar-refractivity contribution in [2.75, 3.05) is 26.2 Å². The van der Waals surface area contributed by atoms with Gasteiger partial charge >= 0.3 is 0 Å². The van der Waals surface area contributed by atoms with Crippen LogP contribution in [0.4, 0.5) is 0 Å². The van der Waals surface area contributed by atoms with Crippen LogP contribution in [0.5, 0.6) is 0 Å². The number of hydrogen-bond donors (Lipinski definition) is 1. The Bertz CT molecular complexity index is 276. The molecule has 2 heteroatoms. The van der Waals surface area contributed by atoms with Crippen molar-refractivity contribution in [1.82, 2.24) is 10.2 Å². The van der Waals surface area contributed by atoms with E-state index in [0.717, 1.165) is 12.5 Å². The van der Waals surface area contributed by atoms with Crippen LogP contribution in [-0.2, 0) is 0 Å². The van der Waals surface area contributed by atoms with Gasteiger partial charge in [0, 0.05) is 19.1 Å². The van der Waals surface area contributed by atoms with Crippen molar-refractivity contribution in [2.24, 2.45) is 16.7 Å². The lowest BCUT2D eigenvalue weighted by atomic mass is 9.77. The van der Waals surface area contributed by atoms with E-state index in [2.05, 4.69) is 58.7 Å². The van der Waals surface area contributed by atoms with Crippen molar-refractivity contribution >= 4 is 0 Å². The molecular formula is C18H38N2. The van der Waals surface area contributed by atoms with Crippen LogP contribution in [0.25, 0.3) is 0 Å². The summed E-state index contributed by atoms with van der Waals surface area (Å²) < 4.78 is 0. The number of likely N-dealkylation sites (tertiary alicyclic amines) is 1. The molecule has 1 unspecified atom stereocenters. The summed E-state index contributed by atoms with van der Waals surface area (Å²) in [6.07, 6.45) is 4.15. The summed E-state index contributed by atoms with van der Waals surface area (Å²) in [7, 11) is 0. The minimum atomic E-state index is 0.367. The number of rotatable bonds is 5. The Morgan fingerprint density at radius 2 is 1.70 bits per heavy atom. The summed E-state index contributed by atoms with van der Waals surface area (Å²) in [6, 6.07) is 0.587. The van der Waals surface area contributed by atoms with E-state index in [0.29, 0.717) is 16.9 Å². The lowest BCUT2D eigenvalue weighted by Crippen LogP contribution is -2.42. The van der Waals surface area contributed by atoms with Crippen molar-refractivity contribution in [3.05, 3.63) is 0 Å². The van der Waals surface area contributed by atoms with E-state index in [-0.39, 0.29) is 0 Å². The lowest BCUT2D eigenvalue weighted by Gasteiger charge is -2.33. The molecule has 0 bridgehead atoms. The van der Waals surface area contributed by atoms with Crippen molar-refractivity contribution < 1.29 is 0 Å². The quantitative estimate of drug-likeness (QED) is 0.814. The standard InChI is InChI=1S/C18H38N2/c1-15(2)19-13-18(6,7)14-20-11-8-9-16(10-12-20)17(3,4)5/h15-16,19H,8-14H2,1-7H3. The Hall–Kier alpha value is -0.0800. The van der Waals surface area contributed by atoms with E-state index in [1.54, 1.807) is 0 Å². The largest absolute Gasteiger partial charge is 0.314 e. The molecule has 1 aliphatic heterocycles. The fourth-order valence-electron chi connectivity index (χ4n) is 3.32. The zero-order chi connectivity index (χ0) is 15.4. The van der Waals surface area contributed by atoms with Crippen molar-refractivity contribution in [3.8, 4) is 0 Å². The average molecular weight is 283 g/mol. The van der Waals surface area contributed by atoms with Crippen LogP contribution in [0.1, 0.15) is 67.7 Å². The zero-order valence-electron chi connectivity index (χ0n) is 15.1. The van der Waals surface area contributed by atoms with Crippen molar-refractivity contribution in [2.45, 2.75) is 73.8 Å². The Morgan fingerprint density at radius 3 is 2.25 bits per heavy atom. The SMILES string of the molecule is CC(C)NCC(C)(C)CN1CCCC(C(C)(C)C)CC1. The molecule has 1 atom stereocenters. The van der Waals surface area contributed by atoms with E-state index in [1.807, 2.05) is 0 Å². The topological polar surface area (TPSA) is 15.3 Å². The highest BCUT2D eigenvalue weighted by atomic mass is 15.1. The molecule has 1 N–H and O–H groups in total. The van der Waals surface area contributed by atoms with Gasteiger partial charge in [0.25, 0.3) is 0 Å². The highest BCUT2D eigenvalue weighted by molar-refractivity contribution is 4.82. The molecular weight excluding hydrogens is 244 g/mol. The summed E-state index contributed by atoms with van der Waals surface area (Å²) >= 11 is 0. The molecule has 1 saturated heterocycles. The van der Waals surface area contributed by atoms with Crippen molar-refractivity contribution in [1.29, 1.82) is 0 Å². The molecule has 0 aromatic heterocycles. The Morgan fingerprint density at radius 1 is 1.05 bits per heavy atom. The van der Waals surface area contributed by atoms with Crippen LogP contribution in [0.3, 0.4) is 0 Å². The predicted octanol–water partition coefficient (Wildman–Crippen LogP) is 4.16. The third-order valence-electron chi connectivity index (χ3n) is 4.69. The molecule has 1 heterocycles. The first kappa shape index (κ1) is 18.0. The molecule has 1 fully saturated rings. The van der Waals surface area contributed by atoms with E-state index >= 15 is 0 Å². The summed E-state index contributed by atoms with van der Waals surface area (Å²) in [5, 5.41) is 3.60. The highest BCUT2D eigenvalue weighted by Gasteiger charge is 2.29. The predicted molar refractivity (Wildman–Crippen MR) is 90.2 cm³/mol. The fourth-order valence-corrected chi connectivity index (χ4v) is 3.32. The highest BCUT2D eigenvalue weighted by Crippen LogP contribution is 2.34. The van der Waals surface area contributed by atoms with Gasteiger partial charge < -0.3 is 10.2 Å². The van der Waals surface area contributed by atoms with Crippen LogP contribution in [0.2, 0.25) is 0 Å². The summed E-state index contributed by atoms with van der Waals surface area (Å²) in [6.45, 7) is 21.4. The summed E-state index contributed by atoms with van der Waals surface area (Å²) in [4.78, 5) is 2.70. The lowest BCUT2D eigenvalue weighted by molar-refractivity contribution is 0.166. The molecule has 0 spiro atoms. The van der Waals surface area contributed by atoms with E-state index in [4.69, 9.17) is 0 Å². The van der Waals surface area contributed by atoms with Gasteiger partial charge in [0.2, 0.25) is 0 Å². The maximum absolute atomic E-state index is 3.60. The van der Waals surface area contributed by atoms with Gasteiger partial charge in [-0.2, -0.15) is 0 Å². The van der Waals surface area contributed by atoms with Crippen LogP contribution in [0, 0.1) is 16.7 Å². The number of nitrogens with zero attached hydrogens (tertiary/aromatic N) is 1. The smallest absolute Gasteiger partial charge is 0.00448 e. The Balaban J connectivity index is 2.45. The van der Waals surface area contributed by atoms with E-state index in [9.17, 15) is 0 Å². The number of hydrogen-bond acceptors (Lipinski definition) is 2.